The predicted octanol–water partition coefficient (Wildman–Crippen LogP) is 4.78. The van der Waals surface area contributed by atoms with Gasteiger partial charge in [0.1, 0.15) is 28.8 Å². The van der Waals surface area contributed by atoms with Gasteiger partial charge in [-0.25, -0.2) is 4.98 Å². The van der Waals surface area contributed by atoms with Crippen LogP contribution >= 0.6 is 11.3 Å². The smallest absolute Gasteiger partial charge is 0.300 e. The fourth-order valence-corrected chi connectivity index (χ4v) is 3.87. The van der Waals surface area contributed by atoms with E-state index in [1.807, 2.05) is 45.3 Å². The van der Waals surface area contributed by atoms with Crippen molar-refractivity contribution in [2.75, 3.05) is 31.8 Å². The number of likely N-dealkylation sites (N-methyl/N-ethyl adjacent to an activating group) is 1. The molecule has 0 saturated carbocycles. The summed E-state index contributed by atoms with van der Waals surface area (Å²) in [4.78, 5) is 28.8. The van der Waals surface area contributed by atoms with Gasteiger partial charge in [0.25, 0.3) is 5.97 Å². The molecule has 0 fully saturated rings. The molecule has 3 aromatic rings. The first-order chi connectivity index (χ1) is 17.0. The summed E-state index contributed by atoms with van der Waals surface area (Å²) in [7, 11) is 4.04. The molecular formula is C26H34N4O5S. The van der Waals surface area contributed by atoms with Crippen LogP contribution in [0.25, 0.3) is 0 Å². The highest BCUT2D eigenvalue weighted by molar-refractivity contribution is 7.18. The van der Waals surface area contributed by atoms with Crippen LogP contribution in [0.1, 0.15) is 48.0 Å². The van der Waals surface area contributed by atoms with E-state index in [0.29, 0.717) is 34.6 Å². The topological polar surface area (TPSA) is 138 Å². The maximum absolute atomic E-state index is 13.0. The number of aliphatic carboxylic acids is 1. The number of nitrogens with zero attached hydrogens (tertiary/aromatic N) is 2. The number of phenolic OH excluding ortho intramolecular Hbond substituents is 1. The van der Waals surface area contributed by atoms with Crippen molar-refractivity contribution in [1.29, 1.82) is 0 Å². The molecule has 5 N–H and O–H groups in total. The number of carbonyl (C=O) groups is 2. The van der Waals surface area contributed by atoms with Gasteiger partial charge in [0.05, 0.1) is 0 Å². The number of hydrogen-bond donors (Lipinski definition) is 4. The molecule has 9 nitrogen and oxygen atoms in total. The van der Waals surface area contributed by atoms with Crippen LogP contribution in [0, 0.1) is 0 Å². The summed E-state index contributed by atoms with van der Waals surface area (Å²) >= 11 is 1.21. The molecule has 194 valence electrons. The molecule has 2 aromatic carbocycles. The van der Waals surface area contributed by atoms with Gasteiger partial charge < -0.3 is 30.9 Å². The Hall–Kier alpha value is -3.63. The molecular weight excluding hydrogens is 480 g/mol. The summed E-state index contributed by atoms with van der Waals surface area (Å²) < 4.78 is 5.81. The number of ketones is 1. The number of nitrogens with two attached hydrogens (primary N) is 1. The van der Waals surface area contributed by atoms with Crippen LogP contribution in [0.15, 0.2) is 42.5 Å². The Labute approximate surface area is 215 Å². The number of carboxylic acids is 1. The van der Waals surface area contributed by atoms with Crippen molar-refractivity contribution in [3.8, 4) is 11.5 Å². The number of thiazole rings is 1. The molecule has 1 heterocycles. The predicted molar refractivity (Wildman–Crippen MR) is 144 cm³/mol. The van der Waals surface area contributed by atoms with Crippen molar-refractivity contribution in [2.24, 2.45) is 0 Å². The van der Waals surface area contributed by atoms with Crippen molar-refractivity contribution >= 4 is 39.7 Å². The van der Waals surface area contributed by atoms with E-state index in [9.17, 15) is 9.90 Å². The molecule has 1 aromatic heterocycles. The molecule has 0 radical (unpaired) electrons. The second kappa shape index (κ2) is 13.5. The lowest BCUT2D eigenvalue weighted by Crippen LogP contribution is -2.30. The fourth-order valence-electron chi connectivity index (χ4n) is 3.00. The summed E-state index contributed by atoms with van der Waals surface area (Å²) in [5, 5.41) is 21.1. The van der Waals surface area contributed by atoms with E-state index in [4.69, 9.17) is 20.4 Å². The van der Waals surface area contributed by atoms with Crippen molar-refractivity contribution in [2.45, 2.75) is 39.7 Å². The maximum Gasteiger partial charge on any atom is 0.300 e. The third-order valence-corrected chi connectivity index (χ3v) is 6.18. The average Bonchev–Trinajstić information content (AvgIpc) is 3.18. The Balaban J connectivity index is 0.00000106. The van der Waals surface area contributed by atoms with Crippen LogP contribution in [0.2, 0.25) is 0 Å². The molecule has 0 amide bonds. The first-order valence-electron chi connectivity index (χ1n) is 11.5. The SMILES string of the molecule is CC(=O)O.CCCc1cc(C(=O)c2sc(Nc3ccc(OC[C@@H](C)N(C)C)cc3)nc2N)ccc1O. The standard InChI is InChI=1S/C24H30N4O3S.C2H4O2/c1-5-6-16-13-17(7-12-20(16)29)21(30)22-23(25)27-24(32-22)26-18-8-10-19(11-9-18)31-14-15(2)28(3)4;1-2(3)4/h7-13,15,29H,5-6,14,25H2,1-4H3,(H,26,27);1H3,(H,3,4)/t15-;/m1./s1. The lowest BCUT2D eigenvalue weighted by molar-refractivity contribution is -0.134. The van der Waals surface area contributed by atoms with Gasteiger partial charge in [-0.2, -0.15) is 0 Å². The molecule has 0 bridgehead atoms. The van der Waals surface area contributed by atoms with Gasteiger partial charge >= 0.3 is 0 Å². The number of carbonyl (C=O) groups excluding carboxylic acids is 1. The summed E-state index contributed by atoms with van der Waals surface area (Å²) in [5.74, 6) is 0.134. The number of benzene rings is 2. The number of rotatable bonds is 10. The second-order valence-corrected chi connectivity index (χ2v) is 9.45. The van der Waals surface area contributed by atoms with Crippen LogP contribution in [0.3, 0.4) is 0 Å². The van der Waals surface area contributed by atoms with Crippen LogP contribution in [-0.4, -0.2) is 58.6 Å². The minimum atomic E-state index is -0.833. The number of nitrogens with one attached hydrogen (secondary N) is 1. The molecule has 0 aliphatic carbocycles. The van der Waals surface area contributed by atoms with Gasteiger partial charge in [-0.05, 0) is 75.5 Å². The van der Waals surface area contributed by atoms with Crippen LogP contribution in [-0.2, 0) is 11.2 Å². The summed E-state index contributed by atoms with van der Waals surface area (Å²) in [6.45, 7) is 5.81. The maximum atomic E-state index is 13.0. The molecule has 0 saturated heterocycles. The number of ether oxygens (including phenoxy) is 1. The Bertz CT molecular complexity index is 1160. The van der Waals surface area contributed by atoms with Gasteiger partial charge in [0.15, 0.2) is 5.13 Å². The molecule has 36 heavy (non-hydrogen) atoms. The van der Waals surface area contributed by atoms with Gasteiger partial charge in [-0.3, -0.25) is 9.59 Å². The molecule has 0 spiro atoms. The molecule has 10 heteroatoms. The number of anilines is 3. The highest BCUT2D eigenvalue weighted by Crippen LogP contribution is 2.31. The zero-order valence-electron chi connectivity index (χ0n) is 21.2. The fraction of sp³-hybridized carbons (Fsp3) is 0.346. The number of aromatic hydroxyl groups is 1. The van der Waals surface area contributed by atoms with Gasteiger partial charge in [-0.1, -0.05) is 24.7 Å². The monoisotopic (exact) mass is 514 g/mol. The van der Waals surface area contributed by atoms with E-state index >= 15 is 0 Å². The molecule has 0 unspecified atom stereocenters. The van der Waals surface area contributed by atoms with E-state index in [-0.39, 0.29) is 17.4 Å². The van der Waals surface area contributed by atoms with E-state index in [1.165, 1.54) is 11.3 Å². The summed E-state index contributed by atoms with van der Waals surface area (Å²) in [6, 6.07) is 12.8. The number of nitrogen functional groups attached to an aromatic ring is 1. The van der Waals surface area contributed by atoms with Crippen molar-refractivity contribution in [1.82, 2.24) is 9.88 Å². The zero-order valence-corrected chi connectivity index (χ0v) is 22.1. The largest absolute Gasteiger partial charge is 0.508 e. The van der Waals surface area contributed by atoms with Crippen LogP contribution in [0.4, 0.5) is 16.6 Å². The first kappa shape index (κ1) is 28.6. The van der Waals surface area contributed by atoms with E-state index in [0.717, 1.165) is 30.3 Å². The lowest BCUT2D eigenvalue weighted by atomic mass is 10.0. The van der Waals surface area contributed by atoms with Crippen molar-refractivity contribution in [3.63, 3.8) is 0 Å². The number of aromatic nitrogens is 1. The van der Waals surface area contributed by atoms with Crippen LogP contribution < -0.4 is 15.8 Å². The Morgan fingerprint density at radius 3 is 2.42 bits per heavy atom. The molecule has 0 aliphatic rings. The van der Waals surface area contributed by atoms with Crippen molar-refractivity contribution < 1.29 is 24.5 Å². The summed E-state index contributed by atoms with van der Waals surface area (Å²) in [6.07, 6.45) is 1.58. The third kappa shape index (κ3) is 8.54. The average molecular weight is 515 g/mol. The minimum Gasteiger partial charge on any atom is -0.508 e. The molecule has 3 rings (SSSR count). The Morgan fingerprint density at radius 2 is 1.83 bits per heavy atom. The Kier molecular flexibility index (Phi) is 10.7. The number of hydrogen-bond acceptors (Lipinski definition) is 9. The van der Waals surface area contributed by atoms with Crippen LogP contribution in [0.5, 0.6) is 11.5 Å². The lowest BCUT2D eigenvalue weighted by Gasteiger charge is -2.20. The first-order valence-corrected chi connectivity index (χ1v) is 12.3. The zero-order chi connectivity index (χ0) is 26.8. The number of phenols is 1. The number of carboxylic acid groups (broad SMARTS) is 1. The number of aryl methyl sites for hydroxylation is 1. The van der Waals surface area contributed by atoms with E-state index < -0.39 is 5.97 Å². The van der Waals surface area contributed by atoms with Gasteiger partial charge in [0.2, 0.25) is 5.78 Å². The Morgan fingerprint density at radius 1 is 1.19 bits per heavy atom. The second-order valence-electron chi connectivity index (χ2n) is 8.45. The van der Waals surface area contributed by atoms with E-state index in [2.05, 4.69) is 22.1 Å². The van der Waals surface area contributed by atoms with Crippen molar-refractivity contribution in [3.05, 3.63) is 58.5 Å². The van der Waals surface area contributed by atoms with Gasteiger partial charge in [-0.15, -0.1) is 0 Å². The summed E-state index contributed by atoms with van der Waals surface area (Å²) in [5.41, 5.74) is 8.10. The highest BCUT2D eigenvalue weighted by atomic mass is 32.1. The van der Waals surface area contributed by atoms with Gasteiger partial charge in [0, 0.05) is 24.2 Å². The molecule has 0 aliphatic heterocycles. The molecule has 1 atom stereocenters. The highest BCUT2D eigenvalue weighted by Gasteiger charge is 2.19. The third-order valence-electron chi connectivity index (χ3n) is 5.20. The van der Waals surface area contributed by atoms with E-state index in [1.54, 1.807) is 18.2 Å². The quantitative estimate of drug-likeness (QED) is 0.282. The normalized spacial score (nSPS) is 11.4. The minimum absolute atomic E-state index is 0.185.